The summed E-state index contributed by atoms with van der Waals surface area (Å²) in [4.78, 5) is 22.8. The van der Waals surface area contributed by atoms with E-state index in [-0.39, 0.29) is 11.7 Å². The van der Waals surface area contributed by atoms with Gasteiger partial charge in [0.15, 0.2) is 5.75 Å². The third-order valence-electron chi connectivity index (χ3n) is 3.47. The van der Waals surface area contributed by atoms with E-state index in [4.69, 9.17) is 4.74 Å². The minimum Gasteiger partial charge on any atom is -0.508 e. The fourth-order valence-electron chi connectivity index (χ4n) is 2.18. The summed E-state index contributed by atoms with van der Waals surface area (Å²) in [5.41, 5.74) is 1.16. The van der Waals surface area contributed by atoms with Gasteiger partial charge in [0.25, 0.3) is 0 Å². The zero-order valence-electron chi connectivity index (χ0n) is 14.3. The molecule has 0 unspecified atom stereocenters. The van der Waals surface area contributed by atoms with Gasteiger partial charge in [0.1, 0.15) is 11.5 Å². The fourth-order valence-corrected chi connectivity index (χ4v) is 3.53. The van der Waals surface area contributed by atoms with Crippen LogP contribution in [0.25, 0.3) is 0 Å². The van der Waals surface area contributed by atoms with Crippen LogP contribution in [0.1, 0.15) is 25.3 Å². The van der Waals surface area contributed by atoms with Crippen LogP contribution in [0.5, 0.6) is 17.2 Å². The Balaban J connectivity index is 2.27. The number of aromatic hydroxyl groups is 1. The summed E-state index contributed by atoms with van der Waals surface area (Å²) >= 11 is 6.78. The lowest BCUT2D eigenvalue weighted by atomic mass is 10.0. The number of nitrogens with one attached hydrogen (secondary N) is 1. The van der Waals surface area contributed by atoms with Crippen molar-refractivity contribution in [3.8, 4) is 17.2 Å². The molecule has 2 aromatic rings. The normalized spacial score (nSPS) is 10.5. The lowest BCUT2D eigenvalue weighted by Crippen LogP contribution is -2.23. The predicted molar refractivity (Wildman–Crippen MR) is 105 cm³/mol. The van der Waals surface area contributed by atoms with Crippen LogP contribution >= 0.6 is 31.9 Å². The number of phenols is 1. The van der Waals surface area contributed by atoms with Crippen LogP contribution < -0.4 is 10.1 Å². The molecule has 26 heavy (non-hydrogen) atoms. The molecule has 0 heterocycles. The third kappa shape index (κ3) is 4.76. The number of amides is 1. The van der Waals surface area contributed by atoms with Gasteiger partial charge in [0.2, 0.25) is 0 Å². The van der Waals surface area contributed by atoms with Gasteiger partial charge in [-0.2, -0.15) is 0 Å². The van der Waals surface area contributed by atoms with Crippen LogP contribution in [-0.2, 0) is 14.3 Å². The second-order valence-corrected chi connectivity index (χ2v) is 7.40. The molecular formula is C18H17Br2NO5. The molecule has 8 heteroatoms. The summed E-state index contributed by atoms with van der Waals surface area (Å²) in [5.74, 6) is -0.462. The maximum Gasteiger partial charge on any atom is 0.396 e. The summed E-state index contributed by atoms with van der Waals surface area (Å²) in [7, 11) is 1.13. The van der Waals surface area contributed by atoms with Crippen LogP contribution in [-0.4, -0.2) is 24.1 Å². The van der Waals surface area contributed by atoms with Crippen molar-refractivity contribution in [2.75, 3.05) is 12.4 Å². The lowest BCUT2D eigenvalue weighted by molar-refractivity contribution is -0.150. The highest BCUT2D eigenvalue weighted by molar-refractivity contribution is 9.11. The first-order valence-electron chi connectivity index (χ1n) is 7.62. The molecule has 0 spiro atoms. The monoisotopic (exact) mass is 485 g/mol. The van der Waals surface area contributed by atoms with Gasteiger partial charge in [-0.15, -0.1) is 0 Å². The molecule has 2 rings (SSSR count). The van der Waals surface area contributed by atoms with Crippen LogP contribution in [0, 0.1) is 0 Å². The highest BCUT2D eigenvalue weighted by Crippen LogP contribution is 2.40. The number of anilines is 1. The number of phenolic OH excluding ortho intramolecular Hbond substituents is 1. The Morgan fingerprint density at radius 3 is 2.27 bits per heavy atom. The van der Waals surface area contributed by atoms with Gasteiger partial charge in [-0.25, -0.2) is 4.79 Å². The van der Waals surface area contributed by atoms with E-state index < -0.39 is 11.9 Å². The van der Waals surface area contributed by atoms with E-state index >= 15 is 0 Å². The highest BCUT2D eigenvalue weighted by atomic mass is 79.9. The van der Waals surface area contributed by atoms with Crippen LogP contribution in [0.2, 0.25) is 0 Å². The van der Waals surface area contributed by atoms with Gasteiger partial charge in [-0.1, -0.05) is 13.8 Å². The Morgan fingerprint density at radius 2 is 1.73 bits per heavy atom. The standard InChI is InChI=1S/C18H17Br2NO5/c1-9(2)12-8-11(4-5-15(12)22)26-16-13(19)6-10(7-14(16)20)21-17(23)18(24)25-3/h4-9,22H,1-3H3,(H,21,23). The molecule has 0 fully saturated rings. The van der Waals surface area contributed by atoms with Crippen molar-refractivity contribution in [3.63, 3.8) is 0 Å². The Morgan fingerprint density at radius 1 is 1.12 bits per heavy atom. The lowest BCUT2D eigenvalue weighted by Gasteiger charge is -2.15. The number of hydrogen-bond donors (Lipinski definition) is 2. The Bertz CT molecular complexity index is 828. The average Bonchev–Trinajstić information content (AvgIpc) is 2.58. The van der Waals surface area contributed by atoms with Gasteiger partial charge >= 0.3 is 11.9 Å². The largest absolute Gasteiger partial charge is 0.508 e. The summed E-state index contributed by atoms with van der Waals surface area (Å²) in [6.45, 7) is 3.95. The summed E-state index contributed by atoms with van der Waals surface area (Å²) in [6.07, 6.45) is 0. The maximum atomic E-state index is 11.6. The van der Waals surface area contributed by atoms with Crippen molar-refractivity contribution in [3.05, 3.63) is 44.8 Å². The average molecular weight is 487 g/mol. The zero-order chi connectivity index (χ0) is 19.4. The first-order valence-corrected chi connectivity index (χ1v) is 9.20. The summed E-state index contributed by atoms with van der Waals surface area (Å²) < 4.78 is 11.4. The second kappa shape index (κ2) is 8.55. The molecule has 138 valence electrons. The van der Waals surface area contributed by atoms with Crippen molar-refractivity contribution in [1.82, 2.24) is 0 Å². The number of benzene rings is 2. The van der Waals surface area contributed by atoms with Crippen molar-refractivity contribution in [2.45, 2.75) is 19.8 Å². The molecule has 0 atom stereocenters. The molecule has 0 saturated carbocycles. The SMILES string of the molecule is COC(=O)C(=O)Nc1cc(Br)c(Oc2ccc(O)c(C(C)C)c2)c(Br)c1. The smallest absolute Gasteiger partial charge is 0.396 e. The highest BCUT2D eigenvalue weighted by Gasteiger charge is 2.17. The van der Waals surface area contributed by atoms with E-state index in [0.29, 0.717) is 26.1 Å². The van der Waals surface area contributed by atoms with E-state index in [0.717, 1.165) is 12.7 Å². The number of ether oxygens (including phenoxy) is 2. The third-order valence-corrected chi connectivity index (χ3v) is 4.65. The molecule has 6 nitrogen and oxygen atoms in total. The number of halogens is 2. The van der Waals surface area contributed by atoms with Gasteiger partial charge < -0.3 is 19.9 Å². The van der Waals surface area contributed by atoms with Crippen molar-refractivity contribution < 1.29 is 24.2 Å². The van der Waals surface area contributed by atoms with Gasteiger partial charge in [-0.05, 0) is 68.1 Å². The Labute approximate surface area is 167 Å². The molecule has 2 N–H and O–H groups in total. The van der Waals surface area contributed by atoms with E-state index in [1.165, 1.54) is 0 Å². The van der Waals surface area contributed by atoms with Crippen LogP contribution in [0.15, 0.2) is 39.3 Å². The molecule has 0 aliphatic carbocycles. The predicted octanol–water partition coefficient (Wildman–Crippen LogP) is 4.94. The first kappa shape index (κ1) is 20.3. The van der Waals surface area contributed by atoms with E-state index in [1.807, 2.05) is 13.8 Å². The Kier molecular flexibility index (Phi) is 6.66. The summed E-state index contributed by atoms with van der Waals surface area (Å²) in [6, 6.07) is 8.21. The number of esters is 1. The topological polar surface area (TPSA) is 84.9 Å². The fraction of sp³-hybridized carbons (Fsp3) is 0.222. The first-order chi connectivity index (χ1) is 12.2. The van der Waals surface area contributed by atoms with Crippen molar-refractivity contribution >= 4 is 49.4 Å². The van der Waals surface area contributed by atoms with Crippen LogP contribution in [0.3, 0.4) is 0 Å². The second-order valence-electron chi connectivity index (χ2n) is 5.69. The molecule has 0 aromatic heterocycles. The quantitative estimate of drug-likeness (QED) is 0.472. The minimum absolute atomic E-state index is 0.140. The van der Waals surface area contributed by atoms with E-state index in [9.17, 15) is 14.7 Å². The molecule has 1 amide bonds. The number of hydrogen-bond acceptors (Lipinski definition) is 5. The molecule has 0 radical (unpaired) electrons. The van der Waals surface area contributed by atoms with Crippen molar-refractivity contribution in [1.29, 1.82) is 0 Å². The number of carbonyl (C=O) groups is 2. The van der Waals surface area contributed by atoms with Crippen LogP contribution in [0.4, 0.5) is 5.69 Å². The molecule has 2 aromatic carbocycles. The molecule has 0 aliphatic rings. The minimum atomic E-state index is -0.983. The van der Waals surface area contributed by atoms with Gasteiger partial charge in [0, 0.05) is 11.3 Å². The Hall–Kier alpha value is -2.06. The molecular weight excluding hydrogens is 470 g/mol. The number of carbonyl (C=O) groups excluding carboxylic acids is 2. The molecule has 0 bridgehead atoms. The van der Waals surface area contributed by atoms with Gasteiger partial charge in [0.05, 0.1) is 16.1 Å². The summed E-state index contributed by atoms with van der Waals surface area (Å²) in [5, 5.41) is 12.3. The molecule has 0 saturated heterocycles. The van der Waals surface area contributed by atoms with E-state index in [2.05, 4.69) is 41.9 Å². The molecule has 0 aliphatic heterocycles. The number of methoxy groups -OCH3 is 1. The number of rotatable bonds is 4. The van der Waals surface area contributed by atoms with E-state index in [1.54, 1.807) is 30.3 Å². The van der Waals surface area contributed by atoms with Gasteiger partial charge in [-0.3, -0.25) is 4.79 Å². The maximum absolute atomic E-state index is 11.6. The van der Waals surface area contributed by atoms with Crippen molar-refractivity contribution in [2.24, 2.45) is 0 Å². The zero-order valence-corrected chi connectivity index (χ0v) is 17.5.